The normalized spacial score (nSPS) is 23.4. The zero-order valence-electron chi connectivity index (χ0n) is 12.5. The molecule has 1 saturated carbocycles. The number of piperidine rings is 1. The molecule has 1 aromatic rings. The standard InChI is InChI=1S/C15H25N3O2S/c19-21(20,15-5-2-1-3-6-15)18-11-7-14(8-12-18)13-17-10-4-9-16-17/h4,9-10,14-15H,1-3,5-8,11-13H2. The summed E-state index contributed by atoms with van der Waals surface area (Å²) < 4.78 is 29.1. The van der Waals surface area contributed by atoms with Crippen molar-refractivity contribution in [3.8, 4) is 0 Å². The van der Waals surface area contributed by atoms with Gasteiger partial charge in [-0.15, -0.1) is 0 Å². The Hall–Kier alpha value is -0.880. The molecule has 1 aliphatic heterocycles. The van der Waals surface area contributed by atoms with E-state index < -0.39 is 10.0 Å². The van der Waals surface area contributed by atoms with Gasteiger partial charge in [0.25, 0.3) is 0 Å². The summed E-state index contributed by atoms with van der Waals surface area (Å²) >= 11 is 0. The summed E-state index contributed by atoms with van der Waals surface area (Å²) in [6.45, 7) is 2.28. The van der Waals surface area contributed by atoms with Gasteiger partial charge in [0.15, 0.2) is 0 Å². The third kappa shape index (κ3) is 3.48. The number of rotatable bonds is 4. The molecule has 0 atom stereocenters. The Labute approximate surface area is 127 Å². The quantitative estimate of drug-likeness (QED) is 0.857. The second kappa shape index (κ2) is 6.48. The van der Waals surface area contributed by atoms with Gasteiger partial charge < -0.3 is 0 Å². The molecule has 3 rings (SSSR count). The lowest BCUT2D eigenvalue weighted by molar-refractivity contribution is 0.244. The van der Waals surface area contributed by atoms with Gasteiger partial charge in [-0.3, -0.25) is 4.68 Å². The lowest BCUT2D eigenvalue weighted by Crippen LogP contribution is -2.44. The van der Waals surface area contributed by atoms with E-state index in [0.29, 0.717) is 19.0 Å². The van der Waals surface area contributed by atoms with E-state index in [1.165, 1.54) is 6.42 Å². The summed E-state index contributed by atoms with van der Waals surface area (Å²) in [5.74, 6) is 0.544. The summed E-state index contributed by atoms with van der Waals surface area (Å²) in [4.78, 5) is 0. The maximum Gasteiger partial charge on any atom is 0.216 e. The molecule has 0 amide bonds. The second-order valence-corrected chi connectivity index (χ2v) is 8.59. The average molecular weight is 311 g/mol. The third-order valence-electron chi connectivity index (χ3n) is 4.91. The second-order valence-electron chi connectivity index (χ2n) is 6.38. The highest BCUT2D eigenvalue weighted by atomic mass is 32.2. The van der Waals surface area contributed by atoms with E-state index in [1.54, 1.807) is 10.5 Å². The Balaban J connectivity index is 1.55. The number of nitrogens with zero attached hydrogens (tertiary/aromatic N) is 3. The van der Waals surface area contributed by atoms with Crippen LogP contribution in [0.4, 0.5) is 0 Å². The maximum absolute atomic E-state index is 12.7. The Morgan fingerprint density at radius 2 is 1.76 bits per heavy atom. The van der Waals surface area contributed by atoms with Crippen molar-refractivity contribution < 1.29 is 8.42 Å². The smallest absolute Gasteiger partial charge is 0.216 e. The molecule has 0 N–H and O–H groups in total. The van der Waals surface area contributed by atoms with Crippen molar-refractivity contribution in [1.82, 2.24) is 14.1 Å². The molecule has 5 nitrogen and oxygen atoms in total. The summed E-state index contributed by atoms with van der Waals surface area (Å²) in [5.41, 5.74) is 0. The van der Waals surface area contributed by atoms with E-state index in [9.17, 15) is 8.42 Å². The minimum absolute atomic E-state index is 0.117. The lowest BCUT2D eigenvalue weighted by Gasteiger charge is -2.34. The molecule has 118 valence electrons. The van der Waals surface area contributed by atoms with E-state index in [2.05, 4.69) is 5.10 Å². The maximum atomic E-state index is 12.7. The topological polar surface area (TPSA) is 55.2 Å². The molecule has 2 heterocycles. The molecule has 0 unspecified atom stereocenters. The van der Waals surface area contributed by atoms with E-state index >= 15 is 0 Å². The van der Waals surface area contributed by atoms with Gasteiger partial charge in [-0.05, 0) is 37.7 Å². The molecule has 1 saturated heterocycles. The van der Waals surface area contributed by atoms with Crippen molar-refractivity contribution in [2.24, 2.45) is 5.92 Å². The first kappa shape index (κ1) is 15.0. The number of hydrogen-bond acceptors (Lipinski definition) is 3. The average Bonchev–Trinajstić information content (AvgIpc) is 3.02. The van der Waals surface area contributed by atoms with Gasteiger partial charge in [-0.2, -0.15) is 5.10 Å². The molecule has 2 fully saturated rings. The zero-order chi connectivity index (χ0) is 14.7. The highest BCUT2D eigenvalue weighted by molar-refractivity contribution is 7.89. The molecule has 0 aromatic carbocycles. The minimum atomic E-state index is -3.06. The predicted octanol–water partition coefficient (Wildman–Crippen LogP) is 2.26. The van der Waals surface area contributed by atoms with E-state index in [-0.39, 0.29) is 5.25 Å². The van der Waals surface area contributed by atoms with Gasteiger partial charge in [-0.25, -0.2) is 12.7 Å². The van der Waals surface area contributed by atoms with Crippen LogP contribution in [-0.4, -0.2) is 40.8 Å². The van der Waals surface area contributed by atoms with Crippen LogP contribution in [0.15, 0.2) is 18.5 Å². The molecule has 0 radical (unpaired) electrons. The fourth-order valence-electron chi connectivity index (χ4n) is 3.59. The highest BCUT2D eigenvalue weighted by Crippen LogP contribution is 2.29. The van der Waals surface area contributed by atoms with Crippen LogP contribution in [0.1, 0.15) is 44.9 Å². The van der Waals surface area contributed by atoms with Gasteiger partial charge in [-0.1, -0.05) is 19.3 Å². The van der Waals surface area contributed by atoms with Crippen LogP contribution in [-0.2, 0) is 16.6 Å². The summed E-state index contributed by atoms with van der Waals surface area (Å²) in [6, 6.07) is 1.93. The molecule has 21 heavy (non-hydrogen) atoms. The van der Waals surface area contributed by atoms with Gasteiger partial charge in [0.05, 0.1) is 5.25 Å². The molecular formula is C15H25N3O2S. The van der Waals surface area contributed by atoms with Crippen molar-refractivity contribution in [3.63, 3.8) is 0 Å². The van der Waals surface area contributed by atoms with Crippen LogP contribution in [0.5, 0.6) is 0 Å². The van der Waals surface area contributed by atoms with Crippen molar-refractivity contribution >= 4 is 10.0 Å². The highest BCUT2D eigenvalue weighted by Gasteiger charge is 2.35. The van der Waals surface area contributed by atoms with E-state index in [0.717, 1.165) is 45.1 Å². The Bertz CT molecular complexity index is 527. The Kier molecular flexibility index (Phi) is 4.64. The van der Waals surface area contributed by atoms with Crippen molar-refractivity contribution in [3.05, 3.63) is 18.5 Å². The van der Waals surface area contributed by atoms with Crippen LogP contribution < -0.4 is 0 Å². The fraction of sp³-hybridized carbons (Fsp3) is 0.800. The minimum Gasteiger partial charge on any atom is -0.272 e. The first-order valence-corrected chi connectivity index (χ1v) is 9.63. The van der Waals surface area contributed by atoms with Gasteiger partial charge in [0.1, 0.15) is 0 Å². The van der Waals surface area contributed by atoms with Crippen LogP contribution in [0.25, 0.3) is 0 Å². The summed E-state index contributed by atoms with van der Waals surface area (Å²) in [5, 5.41) is 4.12. The lowest BCUT2D eigenvalue weighted by atomic mass is 9.98. The zero-order valence-corrected chi connectivity index (χ0v) is 13.3. The molecule has 2 aliphatic rings. The van der Waals surface area contributed by atoms with Crippen molar-refractivity contribution in [2.45, 2.75) is 56.7 Å². The number of sulfonamides is 1. The van der Waals surface area contributed by atoms with Crippen molar-refractivity contribution in [2.75, 3.05) is 13.1 Å². The molecule has 0 bridgehead atoms. The monoisotopic (exact) mass is 311 g/mol. The molecular weight excluding hydrogens is 286 g/mol. The molecule has 1 aliphatic carbocycles. The van der Waals surface area contributed by atoms with Gasteiger partial charge in [0.2, 0.25) is 10.0 Å². The van der Waals surface area contributed by atoms with E-state index in [4.69, 9.17) is 0 Å². The van der Waals surface area contributed by atoms with Gasteiger partial charge in [0, 0.05) is 32.0 Å². The predicted molar refractivity (Wildman–Crippen MR) is 82.3 cm³/mol. The number of hydrogen-bond donors (Lipinski definition) is 0. The molecule has 0 spiro atoms. The Morgan fingerprint density at radius 1 is 1.05 bits per heavy atom. The SMILES string of the molecule is O=S(=O)(C1CCCCC1)N1CCC(Cn2cccn2)CC1. The molecule has 6 heteroatoms. The fourth-order valence-corrected chi connectivity index (χ4v) is 5.66. The van der Waals surface area contributed by atoms with Crippen LogP contribution in [0.3, 0.4) is 0 Å². The third-order valence-corrected chi connectivity index (χ3v) is 7.31. The van der Waals surface area contributed by atoms with Crippen LogP contribution in [0.2, 0.25) is 0 Å². The van der Waals surface area contributed by atoms with Crippen LogP contribution in [0, 0.1) is 5.92 Å². The summed E-state index contributed by atoms with van der Waals surface area (Å²) in [7, 11) is -3.06. The van der Waals surface area contributed by atoms with Gasteiger partial charge >= 0.3 is 0 Å². The number of aromatic nitrogens is 2. The van der Waals surface area contributed by atoms with Crippen molar-refractivity contribution in [1.29, 1.82) is 0 Å². The van der Waals surface area contributed by atoms with E-state index in [1.807, 2.05) is 16.9 Å². The largest absolute Gasteiger partial charge is 0.272 e. The first-order valence-electron chi connectivity index (χ1n) is 8.12. The first-order chi connectivity index (χ1) is 10.2. The Morgan fingerprint density at radius 3 is 2.38 bits per heavy atom. The summed E-state index contributed by atoms with van der Waals surface area (Å²) in [6.07, 6.45) is 10.7. The molecule has 1 aromatic heterocycles. The van der Waals surface area contributed by atoms with Crippen LogP contribution >= 0.6 is 0 Å².